The fourth-order valence-electron chi connectivity index (χ4n) is 1.91. The van der Waals surface area contributed by atoms with Crippen LogP contribution in [0.2, 0.25) is 0 Å². The number of hydrogen-bond acceptors (Lipinski definition) is 4. The van der Waals surface area contributed by atoms with Crippen LogP contribution in [0.25, 0.3) is 22.2 Å². The minimum atomic E-state index is -0.876. The third-order valence-corrected chi connectivity index (χ3v) is 3.67. The predicted octanol–water partition coefficient (Wildman–Crippen LogP) is 2.80. The first-order valence-electron chi connectivity index (χ1n) is 5.99. The second-order valence-electron chi connectivity index (χ2n) is 4.22. The van der Waals surface area contributed by atoms with Gasteiger partial charge in [0.15, 0.2) is 11.0 Å². The fourth-order valence-corrected chi connectivity index (χ4v) is 2.44. The molecule has 0 saturated carbocycles. The lowest BCUT2D eigenvalue weighted by molar-refractivity contribution is -0.133. The first-order chi connectivity index (χ1) is 9.72. The Hall–Kier alpha value is -2.34. The minimum absolute atomic E-state index is 0.0354. The molecule has 20 heavy (non-hydrogen) atoms. The number of hydrogen-bond donors (Lipinski definition) is 2. The van der Waals surface area contributed by atoms with Gasteiger partial charge < -0.3 is 10.1 Å². The molecule has 0 aliphatic rings. The number of carbonyl (C=O) groups is 1. The van der Waals surface area contributed by atoms with Gasteiger partial charge in [0, 0.05) is 5.56 Å². The number of thioether (sulfide) groups is 1. The fraction of sp³-hybridized carbons (Fsp3) is 0.0714. The van der Waals surface area contributed by atoms with Gasteiger partial charge in [-0.1, -0.05) is 48.2 Å². The molecule has 0 spiro atoms. The molecule has 3 rings (SSSR count). The van der Waals surface area contributed by atoms with Crippen molar-refractivity contribution in [2.24, 2.45) is 0 Å². The molecule has 2 aromatic carbocycles. The van der Waals surface area contributed by atoms with Crippen molar-refractivity contribution in [1.29, 1.82) is 0 Å². The van der Waals surface area contributed by atoms with E-state index in [1.165, 1.54) is 0 Å². The molecule has 6 heteroatoms. The molecule has 2 N–H and O–H groups in total. The van der Waals surface area contributed by atoms with Crippen LogP contribution in [0, 0.1) is 0 Å². The molecule has 5 nitrogen and oxygen atoms in total. The van der Waals surface area contributed by atoms with Gasteiger partial charge in [-0.2, -0.15) is 0 Å². The molecule has 0 aliphatic heterocycles. The van der Waals surface area contributed by atoms with Crippen molar-refractivity contribution in [2.45, 2.75) is 5.16 Å². The van der Waals surface area contributed by atoms with Gasteiger partial charge in [-0.3, -0.25) is 4.79 Å². The number of fused-ring (bicyclic) bond motifs is 1. The molecule has 0 saturated heterocycles. The average Bonchev–Trinajstić information content (AvgIpc) is 2.93. The van der Waals surface area contributed by atoms with Crippen molar-refractivity contribution >= 4 is 28.5 Å². The number of benzene rings is 2. The number of rotatable bonds is 4. The molecule has 0 amide bonds. The highest BCUT2D eigenvalue weighted by molar-refractivity contribution is 7.99. The van der Waals surface area contributed by atoms with Crippen molar-refractivity contribution in [3.05, 3.63) is 42.5 Å². The quantitative estimate of drug-likeness (QED) is 0.721. The summed E-state index contributed by atoms with van der Waals surface area (Å²) in [5.41, 5.74) is 0.929. The highest BCUT2D eigenvalue weighted by Crippen LogP contribution is 2.23. The average molecular weight is 285 g/mol. The van der Waals surface area contributed by atoms with Crippen molar-refractivity contribution in [1.82, 2.24) is 15.2 Å². The number of aliphatic carboxylic acids is 1. The van der Waals surface area contributed by atoms with E-state index in [-0.39, 0.29) is 5.75 Å². The Kier molecular flexibility index (Phi) is 3.39. The maximum Gasteiger partial charge on any atom is 0.313 e. The second kappa shape index (κ2) is 5.34. The summed E-state index contributed by atoms with van der Waals surface area (Å²) in [5.74, 6) is -0.269. The van der Waals surface area contributed by atoms with E-state index in [2.05, 4.69) is 15.2 Å². The Labute approximate surface area is 119 Å². The van der Waals surface area contributed by atoms with Gasteiger partial charge in [-0.25, -0.2) is 0 Å². The van der Waals surface area contributed by atoms with Gasteiger partial charge in [0.1, 0.15) is 0 Å². The van der Waals surface area contributed by atoms with Gasteiger partial charge >= 0.3 is 5.97 Å². The summed E-state index contributed by atoms with van der Waals surface area (Å²) in [6, 6.07) is 14.1. The van der Waals surface area contributed by atoms with E-state index in [4.69, 9.17) is 5.11 Å². The van der Waals surface area contributed by atoms with E-state index < -0.39 is 5.97 Å². The normalized spacial score (nSPS) is 10.8. The zero-order valence-electron chi connectivity index (χ0n) is 10.4. The summed E-state index contributed by atoms with van der Waals surface area (Å²) < 4.78 is 0. The number of nitrogens with zero attached hydrogens (tertiary/aromatic N) is 2. The van der Waals surface area contributed by atoms with E-state index in [1.807, 2.05) is 42.5 Å². The highest BCUT2D eigenvalue weighted by atomic mass is 32.2. The largest absolute Gasteiger partial charge is 0.481 e. The maximum atomic E-state index is 10.5. The van der Waals surface area contributed by atoms with Crippen LogP contribution >= 0.6 is 11.8 Å². The Morgan fingerprint density at radius 3 is 2.75 bits per heavy atom. The van der Waals surface area contributed by atoms with E-state index in [0.29, 0.717) is 11.0 Å². The smallest absolute Gasteiger partial charge is 0.313 e. The molecule has 1 heterocycles. The van der Waals surface area contributed by atoms with Crippen LogP contribution in [0.4, 0.5) is 0 Å². The van der Waals surface area contributed by atoms with Crippen molar-refractivity contribution < 1.29 is 9.90 Å². The Morgan fingerprint density at radius 2 is 1.95 bits per heavy atom. The Bertz CT molecular complexity index is 770. The molecular weight excluding hydrogens is 274 g/mol. The molecule has 1 aromatic heterocycles. The van der Waals surface area contributed by atoms with Crippen LogP contribution in [-0.2, 0) is 4.79 Å². The second-order valence-corrected chi connectivity index (χ2v) is 5.19. The lowest BCUT2D eigenvalue weighted by Gasteiger charge is -2.00. The topological polar surface area (TPSA) is 78.9 Å². The Morgan fingerprint density at radius 1 is 1.15 bits per heavy atom. The lowest BCUT2D eigenvalue weighted by Crippen LogP contribution is -1.97. The third-order valence-electron chi connectivity index (χ3n) is 2.82. The number of carboxylic acid groups (broad SMARTS) is 1. The van der Waals surface area contributed by atoms with Crippen molar-refractivity contribution in [3.8, 4) is 11.4 Å². The molecule has 0 atom stereocenters. The van der Waals surface area contributed by atoms with E-state index in [9.17, 15) is 4.79 Å². The number of carboxylic acids is 1. The van der Waals surface area contributed by atoms with Crippen LogP contribution in [0.3, 0.4) is 0 Å². The SMILES string of the molecule is O=C(O)CSc1nnc(-c2ccc3ccccc3c2)[nH]1. The summed E-state index contributed by atoms with van der Waals surface area (Å²) >= 11 is 1.12. The Balaban J connectivity index is 1.89. The first kappa shape index (κ1) is 12.7. The van der Waals surface area contributed by atoms with Crippen LogP contribution in [-0.4, -0.2) is 32.0 Å². The molecular formula is C14H11N3O2S. The summed E-state index contributed by atoms with van der Waals surface area (Å²) in [6.07, 6.45) is 0. The van der Waals surface area contributed by atoms with Gasteiger partial charge in [0.25, 0.3) is 0 Å². The number of aromatic nitrogens is 3. The number of nitrogens with one attached hydrogen (secondary N) is 1. The number of H-pyrrole nitrogens is 1. The van der Waals surface area contributed by atoms with Crippen LogP contribution < -0.4 is 0 Å². The van der Waals surface area contributed by atoms with E-state index in [0.717, 1.165) is 28.1 Å². The summed E-state index contributed by atoms with van der Waals surface area (Å²) in [6.45, 7) is 0. The molecule has 0 bridgehead atoms. The monoisotopic (exact) mass is 285 g/mol. The van der Waals surface area contributed by atoms with Gasteiger partial charge in [-0.05, 0) is 16.8 Å². The van der Waals surface area contributed by atoms with E-state index in [1.54, 1.807) is 0 Å². The number of aromatic amines is 1. The molecule has 0 aliphatic carbocycles. The molecule has 100 valence electrons. The molecule has 0 radical (unpaired) electrons. The molecule has 0 fully saturated rings. The standard InChI is InChI=1S/C14H11N3O2S/c18-12(19)8-20-14-15-13(16-17-14)11-6-5-9-3-1-2-4-10(9)7-11/h1-7H,8H2,(H,18,19)(H,15,16,17). The zero-order chi connectivity index (χ0) is 13.9. The lowest BCUT2D eigenvalue weighted by atomic mass is 10.1. The summed E-state index contributed by atoms with van der Waals surface area (Å²) in [7, 11) is 0. The predicted molar refractivity (Wildman–Crippen MR) is 77.7 cm³/mol. The van der Waals surface area contributed by atoms with Crippen LogP contribution in [0.5, 0.6) is 0 Å². The first-order valence-corrected chi connectivity index (χ1v) is 6.97. The maximum absolute atomic E-state index is 10.5. The van der Waals surface area contributed by atoms with Gasteiger partial charge in [-0.15, -0.1) is 10.2 Å². The third kappa shape index (κ3) is 2.65. The van der Waals surface area contributed by atoms with E-state index >= 15 is 0 Å². The van der Waals surface area contributed by atoms with Crippen LogP contribution in [0.1, 0.15) is 0 Å². The van der Waals surface area contributed by atoms with Crippen LogP contribution in [0.15, 0.2) is 47.6 Å². The zero-order valence-corrected chi connectivity index (χ0v) is 11.2. The minimum Gasteiger partial charge on any atom is -0.481 e. The molecule has 0 unspecified atom stereocenters. The summed E-state index contributed by atoms with van der Waals surface area (Å²) in [4.78, 5) is 13.5. The van der Waals surface area contributed by atoms with Crippen molar-refractivity contribution in [3.63, 3.8) is 0 Å². The molecule has 3 aromatic rings. The van der Waals surface area contributed by atoms with Gasteiger partial charge in [0.2, 0.25) is 0 Å². The highest BCUT2D eigenvalue weighted by Gasteiger charge is 2.08. The van der Waals surface area contributed by atoms with Gasteiger partial charge in [0.05, 0.1) is 5.75 Å². The van der Waals surface area contributed by atoms with Crippen molar-refractivity contribution in [2.75, 3.05) is 5.75 Å². The summed E-state index contributed by atoms with van der Waals surface area (Å²) in [5, 5.41) is 19.4.